The number of aromatic nitrogens is 3. The number of aromatic amines is 1. The topological polar surface area (TPSA) is 100.0 Å². The number of benzene rings is 3. The fourth-order valence-electron chi connectivity index (χ4n) is 4.21. The van der Waals surface area contributed by atoms with Crippen molar-refractivity contribution in [3.63, 3.8) is 0 Å². The molecule has 3 aromatic carbocycles. The van der Waals surface area contributed by atoms with Crippen molar-refractivity contribution in [2.24, 2.45) is 4.99 Å². The maximum Gasteiger partial charge on any atom is 0.283 e. The van der Waals surface area contributed by atoms with E-state index in [9.17, 15) is 4.79 Å². The third-order valence-corrected chi connectivity index (χ3v) is 7.07. The number of fused-ring (bicyclic) bond motifs is 1. The maximum atomic E-state index is 13.9. The van der Waals surface area contributed by atoms with Gasteiger partial charge in [-0.1, -0.05) is 23.5 Å². The van der Waals surface area contributed by atoms with E-state index < -0.39 is 0 Å². The van der Waals surface area contributed by atoms with Gasteiger partial charge in [-0.25, -0.2) is 4.98 Å². The summed E-state index contributed by atoms with van der Waals surface area (Å²) in [6.45, 7) is 1.80. The van der Waals surface area contributed by atoms with Crippen LogP contribution in [0.1, 0.15) is 12.5 Å². The Hall–Kier alpha value is -4.57. The van der Waals surface area contributed by atoms with E-state index in [2.05, 4.69) is 10.1 Å². The first kappa shape index (κ1) is 25.1. The van der Waals surface area contributed by atoms with Crippen molar-refractivity contribution in [3.05, 3.63) is 76.6 Å². The highest BCUT2D eigenvalue weighted by atomic mass is 32.1. The second-order valence-corrected chi connectivity index (χ2v) is 9.28. The van der Waals surface area contributed by atoms with Crippen molar-refractivity contribution in [1.82, 2.24) is 14.8 Å². The third kappa shape index (κ3) is 4.50. The number of H-pyrrole nitrogens is 1. The Labute approximate surface area is 222 Å². The molecule has 1 N–H and O–H groups in total. The summed E-state index contributed by atoms with van der Waals surface area (Å²) in [6, 6.07) is 18.7. The normalized spacial score (nSPS) is 11.6. The standard InChI is InChI=1S/C28H26N4O5S/c1-16(29-18-14-21(35-3)26(37-5)22(15-18)36-4)24-25(17-10-12-19(34-2)13-11-17)31-32(27(24)33)28-30-20-8-6-7-9-23(20)38-28/h6-15,31H,1-5H3. The van der Waals surface area contributed by atoms with Crippen LogP contribution in [-0.2, 0) is 0 Å². The molecule has 194 valence electrons. The fraction of sp³-hybridized carbons (Fsp3) is 0.179. The molecule has 5 aromatic rings. The van der Waals surface area contributed by atoms with Crippen molar-refractivity contribution in [3.8, 4) is 39.4 Å². The van der Waals surface area contributed by atoms with E-state index in [4.69, 9.17) is 23.9 Å². The Morgan fingerprint density at radius 1 is 0.921 bits per heavy atom. The summed E-state index contributed by atoms with van der Waals surface area (Å²) in [5.74, 6) is 2.11. The molecule has 0 saturated heterocycles. The molecule has 0 bridgehead atoms. The second-order valence-electron chi connectivity index (χ2n) is 8.28. The maximum absolute atomic E-state index is 13.9. The van der Waals surface area contributed by atoms with Crippen molar-refractivity contribution >= 4 is 33.0 Å². The molecular formula is C28H26N4O5S. The van der Waals surface area contributed by atoms with Gasteiger partial charge in [0.2, 0.25) is 10.9 Å². The van der Waals surface area contributed by atoms with E-state index in [0.717, 1.165) is 15.8 Å². The fourth-order valence-corrected chi connectivity index (χ4v) is 5.14. The summed E-state index contributed by atoms with van der Waals surface area (Å²) in [6.07, 6.45) is 0. The Morgan fingerprint density at radius 2 is 1.61 bits per heavy atom. The van der Waals surface area contributed by atoms with Crippen LogP contribution in [0.25, 0.3) is 26.6 Å². The summed E-state index contributed by atoms with van der Waals surface area (Å²) >= 11 is 1.43. The molecule has 0 unspecified atom stereocenters. The number of hydrogen-bond donors (Lipinski definition) is 1. The quantitative estimate of drug-likeness (QED) is 0.262. The first-order valence-electron chi connectivity index (χ1n) is 11.7. The van der Waals surface area contributed by atoms with Gasteiger partial charge in [0.05, 0.1) is 61.3 Å². The number of aliphatic imine (C=N–C) groups is 1. The molecule has 0 fully saturated rings. The lowest BCUT2D eigenvalue weighted by Crippen LogP contribution is -2.19. The summed E-state index contributed by atoms with van der Waals surface area (Å²) in [5, 5.41) is 3.81. The monoisotopic (exact) mass is 530 g/mol. The predicted octanol–water partition coefficient (Wildman–Crippen LogP) is 5.62. The molecule has 5 rings (SSSR count). The molecule has 10 heteroatoms. The molecule has 2 aromatic heterocycles. The molecule has 38 heavy (non-hydrogen) atoms. The van der Waals surface area contributed by atoms with Crippen LogP contribution in [0.2, 0.25) is 0 Å². The Morgan fingerprint density at radius 3 is 2.21 bits per heavy atom. The Balaban J connectivity index is 1.69. The highest BCUT2D eigenvalue weighted by Crippen LogP contribution is 2.41. The van der Waals surface area contributed by atoms with Crippen LogP contribution in [0.5, 0.6) is 23.0 Å². The van der Waals surface area contributed by atoms with Gasteiger partial charge in [0, 0.05) is 17.7 Å². The minimum Gasteiger partial charge on any atom is -0.497 e. The van der Waals surface area contributed by atoms with Gasteiger partial charge >= 0.3 is 0 Å². The second kappa shape index (κ2) is 10.4. The predicted molar refractivity (Wildman–Crippen MR) is 150 cm³/mol. The summed E-state index contributed by atoms with van der Waals surface area (Å²) in [5.41, 5.74) is 3.45. The number of nitrogens with one attached hydrogen (secondary N) is 1. The lowest BCUT2D eigenvalue weighted by Gasteiger charge is -2.13. The van der Waals surface area contributed by atoms with Crippen molar-refractivity contribution in [2.45, 2.75) is 6.92 Å². The van der Waals surface area contributed by atoms with Crippen LogP contribution in [0.15, 0.2) is 70.5 Å². The van der Waals surface area contributed by atoms with Crippen LogP contribution in [-0.4, -0.2) is 48.9 Å². The van der Waals surface area contributed by atoms with Crippen LogP contribution in [0, 0.1) is 0 Å². The van der Waals surface area contributed by atoms with Gasteiger partial charge < -0.3 is 18.9 Å². The number of rotatable bonds is 8. The molecule has 9 nitrogen and oxygen atoms in total. The molecule has 0 saturated carbocycles. The van der Waals surface area contributed by atoms with E-state index >= 15 is 0 Å². The minimum absolute atomic E-state index is 0.261. The average Bonchev–Trinajstić information content (AvgIpc) is 3.53. The van der Waals surface area contributed by atoms with Crippen LogP contribution < -0.4 is 24.5 Å². The lowest BCUT2D eigenvalue weighted by molar-refractivity contribution is 0.324. The zero-order chi connectivity index (χ0) is 26.8. The SMILES string of the molecule is COc1ccc(-c2[nH]n(-c3nc4ccccc4s3)c(=O)c2C(C)=Nc2cc(OC)c(OC)c(OC)c2)cc1. The van der Waals surface area contributed by atoms with Crippen LogP contribution >= 0.6 is 11.3 Å². The van der Waals surface area contributed by atoms with E-state index in [0.29, 0.717) is 50.8 Å². The number of hydrogen-bond acceptors (Lipinski definition) is 8. The molecule has 0 amide bonds. The summed E-state index contributed by atoms with van der Waals surface area (Å²) < 4.78 is 24.1. The van der Waals surface area contributed by atoms with Gasteiger partial charge in [0.1, 0.15) is 5.75 Å². The molecule has 0 radical (unpaired) electrons. The molecule has 0 spiro atoms. The first-order chi connectivity index (χ1) is 18.5. The number of nitrogens with zero attached hydrogens (tertiary/aromatic N) is 3. The minimum atomic E-state index is -0.261. The van der Waals surface area contributed by atoms with Gasteiger partial charge in [-0.3, -0.25) is 14.9 Å². The summed E-state index contributed by atoms with van der Waals surface area (Å²) in [7, 11) is 6.24. The molecule has 0 aliphatic carbocycles. The molecule has 0 aliphatic rings. The van der Waals surface area contributed by atoms with E-state index in [-0.39, 0.29) is 5.56 Å². The average molecular weight is 531 g/mol. The Bertz CT molecular complexity index is 1640. The molecular weight excluding hydrogens is 504 g/mol. The van der Waals surface area contributed by atoms with Crippen LogP contribution in [0.3, 0.4) is 0 Å². The smallest absolute Gasteiger partial charge is 0.283 e. The third-order valence-electron chi connectivity index (χ3n) is 6.05. The molecule has 2 heterocycles. The number of methoxy groups -OCH3 is 4. The van der Waals surface area contributed by atoms with Gasteiger partial charge in [-0.15, -0.1) is 0 Å². The number of thiazole rings is 1. The van der Waals surface area contributed by atoms with Gasteiger partial charge in [0.15, 0.2) is 11.5 Å². The van der Waals surface area contributed by atoms with Gasteiger partial charge in [-0.05, 0) is 43.3 Å². The molecule has 0 aliphatic heterocycles. The van der Waals surface area contributed by atoms with E-state index in [1.807, 2.05) is 48.5 Å². The largest absolute Gasteiger partial charge is 0.497 e. The van der Waals surface area contributed by atoms with E-state index in [1.54, 1.807) is 47.5 Å². The Kier molecular flexibility index (Phi) is 6.89. The summed E-state index contributed by atoms with van der Waals surface area (Å²) in [4.78, 5) is 23.3. The number of ether oxygens (including phenoxy) is 4. The lowest BCUT2D eigenvalue weighted by atomic mass is 10.0. The van der Waals surface area contributed by atoms with Gasteiger partial charge in [-0.2, -0.15) is 4.68 Å². The van der Waals surface area contributed by atoms with Crippen molar-refractivity contribution in [2.75, 3.05) is 28.4 Å². The van der Waals surface area contributed by atoms with Crippen molar-refractivity contribution in [1.29, 1.82) is 0 Å². The number of para-hydroxylation sites is 1. The highest BCUT2D eigenvalue weighted by molar-refractivity contribution is 7.20. The van der Waals surface area contributed by atoms with E-state index in [1.165, 1.54) is 16.0 Å². The highest BCUT2D eigenvalue weighted by Gasteiger charge is 2.22. The van der Waals surface area contributed by atoms with Crippen molar-refractivity contribution < 1.29 is 18.9 Å². The van der Waals surface area contributed by atoms with Gasteiger partial charge in [0.25, 0.3) is 5.56 Å². The molecule has 0 atom stereocenters. The van der Waals surface area contributed by atoms with Crippen LogP contribution in [0.4, 0.5) is 5.69 Å². The zero-order valence-electron chi connectivity index (χ0n) is 21.6. The zero-order valence-corrected chi connectivity index (χ0v) is 22.4. The first-order valence-corrected chi connectivity index (χ1v) is 12.5.